The Bertz CT molecular complexity index is 1110. The zero-order valence-electron chi connectivity index (χ0n) is 15.4. The number of hydrogen-bond acceptors (Lipinski definition) is 5. The van der Waals surface area contributed by atoms with Gasteiger partial charge in [0, 0.05) is 23.2 Å². The zero-order valence-corrected chi connectivity index (χ0v) is 17.0. The van der Waals surface area contributed by atoms with E-state index in [2.05, 4.69) is 4.98 Å². The maximum absolute atomic E-state index is 12.9. The van der Waals surface area contributed by atoms with Gasteiger partial charge in [-0.05, 0) is 25.0 Å². The van der Waals surface area contributed by atoms with Crippen molar-refractivity contribution >= 4 is 32.8 Å². The van der Waals surface area contributed by atoms with Gasteiger partial charge in [-0.15, -0.1) is 11.3 Å². The van der Waals surface area contributed by atoms with Crippen molar-refractivity contribution in [1.82, 2.24) is 4.98 Å². The third-order valence-electron chi connectivity index (χ3n) is 4.96. The van der Waals surface area contributed by atoms with E-state index in [1.54, 1.807) is 10.3 Å². The van der Waals surface area contributed by atoms with E-state index in [0.717, 1.165) is 28.2 Å². The van der Waals surface area contributed by atoms with E-state index in [1.807, 2.05) is 54.6 Å². The van der Waals surface area contributed by atoms with Gasteiger partial charge < -0.3 is 4.90 Å². The molecule has 5 nitrogen and oxygen atoms in total. The standard InChI is InChI=1S/C21H20N2O3S2/c1-15(21(24)23-12-11-16-7-5-6-10-19(16)23)28(25,26)14-18-13-27-20(22-18)17-8-3-2-4-9-17/h2-10,13,15H,11-12,14H2,1H3. The minimum atomic E-state index is -3.67. The van der Waals surface area contributed by atoms with Crippen LogP contribution in [-0.2, 0) is 26.8 Å². The van der Waals surface area contributed by atoms with Crippen molar-refractivity contribution in [3.05, 3.63) is 71.2 Å². The van der Waals surface area contributed by atoms with E-state index in [0.29, 0.717) is 12.2 Å². The maximum Gasteiger partial charge on any atom is 0.245 e. The third-order valence-corrected chi connectivity index (χ3v) is 7.88. The Morgan fingerprint density at radius 1 is 1.14 bits per heavy atom. The van der Waals surface area contributed by atoms with Crippen molar-refractivity contribution in [2.45, 2.75) is 24.3 Å². The van der Waals surface area contributed by atoms with Gasteiger partial charge in [-0.25, -0.2) is 13.4 Å². The largest absolute Gasteiger partial charge is 0.311 e. The number of fused-ring (bicyclic) bond motifs is 1. The molecule has 3 aromatic rings. The molecule has 144 valence electrons. The van der Waals surface area contributed by atoms with E-state index in [9.17, 15) is 13.2 Å². The highest BCUT2D eigenvalue weighted by Gasteiger charge is 2.35. The average molecular weight is 413 g/mol. The Morgan fingerprint density at radius 2 is 1.86 bits per heavy atom. The average Bonchev–Trinajstić information content (AvgIpc) is 3.34. The van der Waals surface area contributed by atoms with Gasteiger partial charge in [0.25, 0.3) is 0 Å². The number of benzene rings is 2. The van der Waals surface area contributed by atoms with Gasteiger partial charge in [0.2, 0.25) is 5.91 Å². The Morgan fingerprint density at radius 3 is 2.64 bits per heavy atom. The van der Waals surface area contributed by atoms with Gasteiger partial charge >= 0.3 is 0 Å². The highest BCUT2D eigenvalue weighted by atomic mass is 32.2. The second-order valence-corrected chi connectivity index (χ2v) is 10.0. The van der Waals surface area contributed by atoms with E-state index in [1.165, 1.54) is 18.3 Å². The lowest BCUT2D eigenvalue weighted by atomic mass is 10.2. The molecular weight excluding hydrogens is 392 g/mol. The summed E-state index contributed by atoms with van der Waals surface area (Å²) in [6, 6.07) is 17.3. The first-order valence-corrected chi connectivity index (χ1v) is 11.7. The van der Waals surface area contributed by atoms with Gasteiger partial charge in [-0.3, -0.25) is 4.79 Å². The van der Waals surface area contributed by atoms with Crippen molar-refractivity contribution in [1.29, 1.82) is 0 Å². The fourth-order valence-electron chi connectivity index (χ4n) is 3.36. The van der Waals surface area contributed by atoms with Gasteiger partial charge in [-0.1, -0.05) is 48.5 Å². The highest BCUT2D eigenvalue weighted by molar-refractivity contribution is 7.92. The fraction of sp³-hybridized carbons (Fsp3) is 0.238. The van der Waals surface area contributed by atoms with Crippen molar-refractivity contribution in [3.8, 4) is 10.6 Å². The predicted molar refractivity (Wildman–Crippen MR) is 112 cm³/mol. The van der Waals surface area contributed by atoms with E-state index in [-0.39, 0.29) is 11.7 Å². The van der Waals surface area contributed by atoms with Crippen LogP contribution in [0.25, 0.3) is 10.6 Å². The molecular formula is C21H20N2O3S2. The van der Waals surface area contributed by atoms with Crippen LogP contribution in [0.2, 0.25) is 0 Å². The molecule has 1 aliphatic heterocycles. The summed E-state index contributed by atoms with van der Waals surface area (Å²) < 4.78 is 25.7. The summed E-state index contributed by atoms with van der Waals surface area (Å²) in [4.78, 5) is 18.9. The Hall–Kier alpha value is -2.51. The topological polar surface area (TPSA) is 67.3 Å². The fourth-order valence-corrected chi connectivity index (χ4v) is 5.53. The van der Waals surface area contributed by atoms with Crippen LogP contribution in [-0.4, -0.2) is 31.1 Å². The van der Waals surface area contributed by atoms with Crippen molar-refractivity contribution in [2.24, 2.45) is 0 Å². The van der Waals surface area contributed by atoms with Crippen molar-refractivity contribution in [3.63, 3.8) is 0 Å². The quantitative estimate of drug-likeness (QED) is 0.641. The SMILES string of the molecule is CC(C(=O)N1CCc2ccccc21)S(=O)(=O)Cc1csc(-c2ccccc2)n1. The molecule has 1 amide bonds. The van der Waals surface area contributed by atoms with Crippen LogP contribution in [0.5, 0.6) is 0 Å². The molecule has 7 heteroatoms. The molecule has 4 rings (SSSR count). The Labute approximate surface area is 168 Å². The van der Waals surface area contributed by atoms with Crippen LogP contribution in [0.1, 0.15) is 18.2 Å². The van der Waals surface area contributed by atoms with Crippen LogP contribution >= 0.6 is 11.3 Å². The first-order valence-electron chi connectivity index (χ1n) is 9.06. The zero-order chi connectivity index (χ0) is 19.7. The number of carbonyl (C=O) groups excluding carboxylic acids is 1. The normalized spacial score (nSPS) is 14.7. The molecule has 0 saturated heterocycles. The molecule has 1 aliphatic rings. The smallest absolute Gasteiger partial charge is 0.245 e. The highest BCUT2D eigenvalue weighted by Crippen LogP contribution is 2.29. The molecule has 1 aromatic heterocycles. The van der Waals surface area contributed by atoms with Gasteiger partial charge in [0.1, 0.15) is 10.3 Å². The number of anilines is 1. The van der Waals surface area contributed by atoms with E-state index < -0.39 is 15.1 Å². The molecule has 0 fully saturated rings. The summed E-state index contributed by atoms with van der Waals surface area (Å²) in [6.45, 7) is 2.00. The number of hydrogen-bond donors (Lipinski definition) is 0. The van der Waals surface area contributed by atoms with Gasteiger partial charge in [0.15, 0.2) is 9.84 Å². The van der Waals surface area contributed by atoms with E-state index in [4.69, 9.17) is 0 Å². The predicted octanol–water partition coefficient (Wildman–Crippen LogP) is 3.70. The molecule has 1 unspecified atom stereocenters. The first-order chi connectivity index (χ1) is 13.5. The molecule has 0 spiro atoms. The minimum absolute atomic E-state index is 0.237. The number of thiazole rings is 1. The van der Waals surface area contributed by atoms with Crippen LogP contribution < -0.4 is 4.90 Å². The number of amides is 1. The van der Waals surface area contributed by atoms with Gasteiger partial charge in [-0.2, -0.15) is 0 Å². The second kappa shape index (κ2) is 7.48. The molecule has 0 N–H and O–H groups in total. The number of rotatable bonds is 5. The second-order valence-electron chi connectivity index (χ2n) is 6.83. The monoisotopic (exact) mass is 412 g/mol. The molecule has 2 heterocycles. The van der Waals surface area contributed by atoms with Crippen LogP contribution in [0, 0.1) is 0 Å². The van der Waals surface area contributed by atoms with Crippen LogP contribution in [0.4, 0.5) is 5.69 Å². The van der Waals surface area contributed by atoms with Crippen LogP contribution in [0.3, 0.4) is 0 Å². The first kappa shape index (κ1) is 18.8. The lowest BCUT2D eigenvalue weighted by Gasteiger charge is -2.21. The molecule has 1 atom stereocenters. The summed E-state index contributed by atoms with van der Waals surface area (Å²) in [5.41, 5.74) is 3.32. The maximum atomic E-state index is 12.9. The minimum Gasteiger partial charge on any atom is -0.311 e. The van der Waals surface area contributed by atoms with E-state index >= 15 is 0 Å². The number of aromatic nitrogens is 1. The Kier molecular flexibility index (Phi) is 5.03. The Balaban J connectivity index is 1.51. The van der Waals surface area contributed by atoms with Crippen molar-refractivity contribution in [2.75, 3.05) is 11.4 Å². The molecule has 2 aromatic carbocycles. The summed E-state index contributed by atoms with van der Waals surface area (Å²) in [5.74, 6) is -0.609. The number of para-hydroxylation sites is 1. The summed E-state index contributed by atoms with van der Waals surface area (Å²) in [7, 11) is -3.67. The summed E-state index contributed by atoms with van der Waals surface area (Å²) in [6.07, 6.45) is 0.751. The summed E-state index contributed by atoms with van der Waals surface area (Å²) in [5, 5.41) is 1.42. The molecule has 0 radical (unpaired) electrons. The third kappa shape index (κ3) is 3.59. The molecule has 0 bridgehead atoms. The van der Waals surface area contributed by atoms with Crippen molar-refractivity contribution < 1.29 is 13.2 Å². The number of nitrogens with zero attached hydrogens (tertiary/aromatic N) is 2. The molecule has 28 heavy (non-hydrogen) atoms. The molecule has 0 aliphatic carbocycles. The lowest BCUT2D eigenvalue weighted by Crippen LogP contribution is -2.41. The number of sulfone groups is 1. The van der Waals surface area contributed by atoms with Crippen LogP contribution in [0.15, 0.2) is 60.0 Å². The molecule has 0 saturated carbocycles. The number of carbonyl (C=O) groups is 1. The van der Waals surface area contributed by atoms with Gasteiger partial charge in [0.05, 0.1) is 11.4 Å². The summed E-state index contributed by atoms with van der Waals surface area (Å²) >= 11 is 1.41. The lowest BCUT2D eigenvalue weighted by molar-refractivity contribution is -0.117.